The van der Waals surface area contributed by atoms with Gasteiger partial charge in [0.1, 0.15) is 0 Å². The van der Waals surface area contributed by atoms with Gasteiger partial charge < -0.3 is 20.0 Å². The van der Waals surface area contributed by atoms with Crippen molar-refractivity contribution < 1.29 is 14.5 Å². The van der Waals surface area contributed by atoms with Crippen LogP contribution in [0.1, 0.15) is 68.6 Å². The van der Waals surface area contributed by atoms with Crippen molar-refractivity contribution in [2.24, 2.45) is 0 Å². The van der Waals surface area contributed by atoms with Gasteiger partial charge in [-0.2, -0.15) is 0 Å². The van der Waals surface area contributed by atoms with Crippen molar-refractivity contribution in [3.63, 3.8) is 0 Å². The van der Waals surface area contributed by atoms with E-state index in [1.54, 1.807) is 29.0 Å². The van der Waals surface area contributed by atoms with Gasteiger partial charge in [-0.15, -0.1) is 0 Å². The molecule has 2 amide bonds. The molecule has 0 spiro atoms. The number of likely N-dealkylation sites (N-methyl/N-ethyl adjacent to an activating group) is 1. The molecule has 9 heteroatoms. The van der Waals surface area contributed by atoms with Gasteiger partial charge in [0, 0.05) is 42.5 Å². The molecule has 1 atom stereocenters. The molecule has 0 radical (unpaired) electrons. The molecule has 2 heterocycles. The minimum atomic E-state index is -0.449. The Morgan fingerprint density at radius 2 is 1.40 bits per heavy atom. The summed E-state index contributed by atoms with van der Waals surface area (Å²) in [7, 11) is 1.71. The lowest BCUT2D eigenvalue weighted by Crippen LogP contribution is -2.44. The van der Waals surface area contributed by atoms with E-state index in [0.717, 1.165) is 80.1 Å². The van der Waals surface area contributed by atoms with E-state index in [2.05, 4.69) is 70.9 Å². The molecule has 3 aromatic rings. The summed E-state index contributed by atoms with van der Waals surface area (Å²) in [6, 6.07) is 28.1. The van der Waals surface area contributed by atoms with E-state index in [0.29, 0.717) is 19.4 Å². The molecule has 1 N–H and O–H groups in total. The number of rotatable bonds is 14. The zero-order valence-corrected chi connectivity index (χ0v) is 27.6. The average molecular weight is 636 g/mol. The number of non-ortho nitro benzene ring substituents is 1. The number of benzene rings is 3. The second-order valence-corrected chi connectivity index (χ2v) is 12.4. The molecule has 9 nitrogen and oxygen atoms in total. The number of carbonyl (C=O) groups is 2. The first-order valence-corrected chi connectivity index (χ1v) is 16.6. The van der Waals surface area contributed by atoms with Crippen LogP contribution in [0, 0.1) is 10.1 Å². The van der Waals surface area contributed by atoms with Gasteiger partial charge in [-0.3, -0.25) is 19.7 Å². The molecular weight excluding hydrogens is 590 g/mol. The maximum atomic E-state index is 12.8. The van der Waals surface area contributed by atoms with Crippen LogP contribution in [0.3, 0.4) is 0 Å². The number of piperidine rings is 1. The number of nitrogens with one attached hydrogen (secondary N) is 1. The van der Waals surface area contributed by atoms with Crippen LogP contribution < -0.4 is 5.32 Å². The van der Waals surface area contributed by atoms with Crippen molar-refractivity contribution in [1.82, 2.24) is 20.0 Å². The Morgan fingerprint density at radius 3 is 1.89 bits per heavy atom. The summed E-state index contributed by atoms with van der Waals surface area (Å²) in [5, 5.41) is 14.9. The molecule has 0 aliphatic carbocycles. The molecule has 5 rings (SSSR count). The van der Waals surface area contributed by atoms with Crippen molar-refractivity contribution in [3.05, 3.63) is 135 Å². The molecule has 0 saturated carbocycles. The topological polar surface area (TPSA) is 99.0 Å². The summed E-state index contributed by atoms with van der Waals surface area (Å²) < 4.78 is 0. The van der Waals surface area contributed by atoms with E-state index in [-0.39, 0.29) is 11.1 Å². The number of dihydropyridines is 1. The highest BCUT2D eigenvalue weighted by molar-refractivity contribution is 5.61. The van der Waals surface area contributed by atoms with E-state index in [1.807, 2.05) is 13.8 Å². The number of amides is 2. The van der Waals surface area contributed by atoms with Gasteiger partial charge in [0.15, 0.2) is 0 Å². The summed E-state index contributed by atoms with van der Waals surface area (Å²) >= 11 is 0. The van der Waals surface area contributed by atoms with Gasteiger partial charge in [0.25, 0.3) is 5.69 Å². The molecule has 1 unspecified atom stereocenters. The highest BCUT2D eigenvalue weighted by Crippen LogP contribution is 2.43. The molecule has 47 heavy (non-hydrogen) atoms. The summed E-state index contributed by atoms with van der Waals surface area (Å²) in [5.74, 6) is -0.449. The van der Waals surface area contributed by atoms with Crippen molar-refractivity contribution in [3.8, 4) is 0 Å². The minimum Gasteiger partial charge on any atom is -0.359 e. The second kappa shape index (κ2) is 15.2. The number of likely N-dealkylation sites (tertiary alicyclic amines) is 1. The number of carbonyl (C=O) groups excluding carboxylic acids is 2. The largest absolute Gasteiger partial charge is 0.359 e. The summed E-state index contributed by atoms with van der Waals surface area (Å²) in [6.07, 6.45) is 5.76. The predicted octanol–water partition coefficient (Wildman–Crippen LogP) is 6.54. The van der Waals surface area contributed by atoms with Gasteiger partial charge in [0.2, 0.25) is 12.8 Å². The van der Waals surface area contributed by atoms with Crippen molar-refractivity contribution >= 4 is 18.5 Å². The molecule has 2 aliphatic heterocycles. The predicted molar refractivity (Wildman–Crippen MR) is 184 cm³/mol. The standard InChI is InChI=1S/C38H45N5O4/c1-4-33-36(40(3)27-44)35(29-17-19-32(20-18-29)43(46)47)37(34(5-2)39-33)42(28-45)24-12-23-41-25-21-38(22-26-41,30-13-8-6-9-14-30)31-15-10-7-11-16-31/h6-11,13-20,27-28,35,39H,4-5,12,21-26H2,1-3H3. The fraction of sp³-hybridized carbons (Fsp3) is 0.368. The zero-order valence-electron chi connectivity index (χ0n) is 27.6. The molecular formula is C38H45N5O4. The van der Waals surface area contributed by atoms with Gasteiger partial charge >= 0.3 is 0 Å². The summed E-state index contributed by atoms with van der Waals surface area (Å²) in [5.41, 5.74) is 6.79. The molecule has 3 aromatic carbocycles. The maximum Gasteiger partial charge on any atom is 0.269 e. The number of hydrogen-bond acceptors (Lipinski definition) is 6. The number of nitro benzene ring substituents is 1. The molecule has 1 saturated heterocycles. The SMILES string of the molecule is CCC1=C(N(C)C=O)C(c2ccc([N+](=O)[O-])cc2)C(N(C=O)CCCN2CCC(c3ccccc3)(c3ccccc3)CC2)=C(CC)N1. The first kappa shape index (κ1) is 33.6. The zero-order chi connectivity index (χ0) is 33.4. The first-order valence-electron chi connectivity index (χ1n) is 16.6. The smallest absolute Gasteiger partial charge is 0.269 e. The van der Waals surface area contributed by atoms with Gasteiger partial charge in [-0.1, -0.05) is 86.6 Å². The van der Waals surface area contributed by atoms with Crippen molar-refractivity contribution in [2.75, 3.05) is 33.2 Å². The van der Waals surface area contributed by atoms with Gasteiger partial charge in [-0.05, 0) is 68.4 Å². The van der Waals surface area contributed by atoms with Crippen molar-refractivity contribution in [1.29, 1.82) is 0 Å². The minimum absolute atomic E-state index is 0.00811. The van der Waals surface area contributed by atoms with Crippen LogP contribution >= 0.6 is 0 Å². The molecule has 246 valence electrons. The Labute approximate surface area is 277 Å². The Hall–Kier alpha value is -4.76. The van der Waals surface area contributed by atoms with E-state index >= 15 is 0 Å². The van der Waals surface area contributed by atoms with Gasteiger partial charge in [-0.25, -0.2) is 0 Å². The lowest BCUT2D eigenvalue weighted by molar-refractivity contribution is -0.384. The lowest BCUT2D eigenvalue weighted by atomic mass is 9.68. The molecule has 0 aromatic heterocycles. The Kier molecular flexibility index (Phi) is 10.9. The van der Waals surface area contributed by atoms with Crippen LogP contribution in [0.25, 0.3) is 0 Å². The normalized spacial score (nSPS) is 18.0. The molecule has 1 fully saturated rings. The first-order chi connectivity index (χ1) is 22.9. The fourth-order valence-corrected chi connectivity index (χ4v) is 7.36. The number of nitrogens with zero attached hydrogens (tertiary/aromatic N) is 4. The Bertz CT molecular complexity index is 1550. The molecule has 2 aliphatic rings. The third-order valence-electron chi connectivity index (χ3n) is 9.82. The number of hydrogen-bond donors (Lipinski definition) is 1. The Balaban J connectivity index is 1.36. The highest BCUT2D eigenvalue weighted by Gasteiger charge is 2.38. The average Bonchev–Trinajstić information content (AvgIpc) is 3.13. The van der Waals surface area contributed by atoms with E-state index < -0.39 is 10.8 Å². The van der Waals surface area contributed by atoms with Crippen LogP contribution in [0.4, 0.5) is 5.69 Å². The van der Waals surface area contributed by atoms with Crippen LogP contribution in [0.5, 0.6) is 0 Å². The van der Waals surface area contributed by atoms with Crippen LogP contribution in [-0.2, 0) is 15.0 Å². The van der Waals surface area contributed by atoms with Crippen molar-refractivity contribution in [2.45, 2.75) is 57.3 Å². The monoisotopic (exact) mass is 635 g/mol. The summed E-state index contributed by atoms with van der Waals surface area (Å²) in [6.45, 7) is 7.33. The van der Waals surface area contributed by atoms with Crippen LogP contribution in [0.2, 0.25) is 0 Å². The Morgan fingerprint density at radius 1 is 0.851 bits per heavy atom. The summed E-state index contributed by atoms with van der Waals surface area (Å²) in [4.78, 5) is 41.8. The highest BCUT2D eigenvalue weighted by atomic mass is 16.6. The van der Waals surface area contributed by atoms with E-state index in [4.69, 9.17) is 0 Å². The number of allylic oxidation sites excluding steroid dienone is 2. The van der Waals surface area contributed by atoms with Crippen LogP contribution in [0.15, 0.2) is 108 Å². The fourth-order valence-electron chi connectivity index (χ4n) is 7.36. The second-order valence-electron chi connectivity index (χ2n) is 12.4. The molecule has 0 bridgehead atoms. The quantitative estimate of drug-likeness (QED) is 0.123. The third-order valence-corrected chi connectivity index (χ3v) is 9.82. The van der Waals surface area contributed by atoms with E-state index in [9.17, 15) is 19.7 Å². The number of nitro groups is 1. The van der Waals surface area contributed by atoms with Gasteiger partial charge in [0.05, 0.1) is 22.2 Å². The third kappa shape index (κ3) is 7.00. The lowest BCUT2D eigenvalue weighted by Gasteiger charge is -2.43. The van der Waals surface area contributed by atoms with Crippen LogP contribution in [-0.4, -0.2) is 65.7 Å². The maximum absolute atomic E-state index is 12.8. The van der Waals surface area contributed by atoms with E-state index in [1.165, 1.54) is 23.3 Å².